The molecule has 1 amide bonds. The number of aromatic nitrogens is 5. The Kier molecular flexibility index (Phi) is 6.75. The molecule has 0 radical (unpaired) electrons. The topological polar surface area (TPSA) is 110 Å². The Labute approximate surface area is 205 Å². The Balaban J connectivity index is 1.46. The van der Waals surface area contributed by atoms with Crippen molar-refractivity contribution in [1.82, 2.24) is 29.3 Å². The molecule has 0 spiro atoms. The number of nitrogens with zero attached hydrogens (tertiary/aromatic N) is 6. The molecular weight excluding hydrogens is 446 g/mol. The fourth-order valence-electron chi connectivity index (χ4n) is 5.43. The molecule has 188 valence electrons. The van der Waals surface area contributed by atoms with Crippen LogP contribution in [0.3, 0.4) is 0 Å². The van der Waals surface area contributed by atoms with Gasteiger partial charge in [0, 0.05) is 74.6 Å². The van der Waals surface area contributed by atoms with Crippen LogP contribution >= 0.6 is 0 Å². The van der Waals surface area contributed by atoms with Crippen molar-refractivity contribution in [3.8, 4) is 11.1 Å². The smallest absolute Gasteiger partial charge is 0.241 e. The van der Waals surface area contributed by atoms with Crippen LogP contribution in [-0.4, -0.2) is 79.7 Å². The van der Waals surface area contributed by atoms with Gasteiger partial charge in [-0.1, -0.05) is 0 Å². The van der Waals surface area contributed by atoms with Gasteiger partial charge in [-0.15, -0.1) is 5.10 Å². The maximum Gasteiger partial charge on any atom is 0.241 e. The van der Waals surface area contributed by atoms with E-state index in [1.165, 1.54) is 0 Å². The molecule has 1 saturated heterocycles. The second kappa shape index (κ2) is 9.94. The average molecular weight is 482 g/mol. The number of carbonyl (C=O) groups excluding carboxylic acids is 1. The van der Waals surface area contributed by atoms with Gasteiger partial charge in [-0.3, -0.25) is 9.48 Å². The van der Waals surface area contributed by atoms with E-state index < -0.39 is 0 Å². The van der Waals surface area contributed by atoms with E-state index >= 15 is 0 Å². The summed E-state index contributed by atoms with van der Waals surface area (Å²) in [5.74, 6) is 1.37. The molecule has 0 aromatic carbocycles. The van der Waals surface area contributed by atoms with Crippen molar-refractivity contribution in [3.05, 3.63) is 30.4 Å². The van der Waals surface area contributed by atoms with Crippen LogP contribution in [0, 0.1) is 5.92 Å². The van der Waals surface area contributed by atoms with E-state index in [0.29, 0.717) is 24.9 Å². The summed E-state index contributed by atoms with van der Waals surface area (Å²) < 4.78 is 9.19. The minimum atomic E-state index is -0.210. The molecule has 1 unspecified atom stereocenters. The molecule has 3 aromatic heterocycles. The zero-order valence-corrected chi connectivity index (χ0v) is 20.7. The maximum absolute atomic E-state index is 11.9. The zero-order chi connectivity index (χ0) is 24.5. The molecule has 10 nitrogen and oxygen atoms in total. The number of likely N-dealkylation sites (tertiary alicyclic amines) is 1. The zero-order valence-electron chi connectivity index (χ0n) is 20.7. The summed E-state index contributed by atoms with van der Waals surface area (Å²) in [6, 6.07) is 2.30. The SMILES string of the molecule is COC[C@H](C)Nc1ncc2c(-c3cnn(CC4CC(=O)N(C)C4)c3)cc([C@H]3CC[C@H](O)CC3)n2n1. The first kappa shape index (κ1) is 23.7. The van der Waals surface area contributed by atoms with Gasteiger partial charge in [-0.2, -0.15) is 5.10 Å². The summed E-state index contributed by atoms with van der Waals surface area (Å²) in [6.07, 6.45) is 9.65. The van der Waals surface area contributed by atoms with Gasteiger partial charge in [-0.25, -0.2) is 9.50 Å². The number of amides is 1. The lowest BCUT2D eigenvalue weighted by Crippen LogP contribution is -2.23. The number of anilines is 1. The summed E-state index contributed by atoms with van der Waals surface area (Å²) in [5, 5.41) is 22.8. The molecule has 2 fully saturated rings. The molecule has 2 N–H and O–H groups in total. The predicted octanol–water partition coefficient (Wildman–Crippen LogP) is 2.54. The number of hydrogen-bond donors (Lipinski definition) is 2. The molecule has 1 aliphatic carbocycles. The second-order valence-corrected chi connectivity index (χ2v) is 10.2. The van der Waals surface area contributed by atoms with E-state index in [9.17, 15) is 9.90 Å². The van der Waals surface area contributed by atoms with Gasteiger partial charge in [-0.05, 0) is 38.7 Å². The first-order valence-corrected chi connectivity index (χ1v) is 12.5. The fourth-order valence-corrected chi connectivity index (χ4v) is 5.43. The van der Waals surface area contributed by atoms with Gasteiger partial charge >= 0.3 is 0 Å². The van der Waals surface area contributed by atoms with Crippen LogP contribution in [0.15, 0.2) is 24.7 Å². The van der Waals surface area contributed by atoms with E-state index in [4.69, 9.17) is 9.84 Å². The number of hydrogen-bond acceptors (Lipinski definition) is 7. The third-order valence-corrected chi connectivity index (χ3v) is 7.26. The van der Waals surface area contributed by atoms with Gasteiger partial charge in [0.2, 0.25) is 11.9 Å². The number of fused-ring (bicyclic) bond motifs is 1. The summed E-state index contributed by atoms with van der Waals surface area (Å²) in [5.41, 5.74) is 4.14. The van der Waals surface area contributed by atoms with Crippen LogP contribution in [-0.2, 0) is 16.1 Å². The number of aliphatic hydroxyl groups excluding tert-OH is 1. The van der Waals surface area contributed by atoms with Crippen molar-refractivity contribution in [2.24, 2.45) is 5.92 Å². The van der Waals surface area contributed by atoms with Crippen LogP contribution in [0.5, 0.6) is 0 Å². The van der Waals surface area contributed by atoms with E-state index in [-0.39, 0.29) is 24.0 Å². The highest BCUT2D eigenvalue weighted by molar-refractivity contribution is 5.81. The number of methoxy groups -OCH3 is 1. The van der Waals surface area contributed by atoms with Gasteiger partial charge in [0.25, 0.3) is 0 Å². The lowest BCUT2D eigenvalue weighted by Gasteiger charge is -2.25. The van der Waals surface area contributed by atoms with Crippen molar-refractivity contribution in [3.63, 3.8) is 0 Å². The highest BCUT2D eigenvalue weighted by Gasteiger charge is 2.28. The minimum Gasteiger partial charge on any atom is -0.393 e. The molecule has 0 bridgehead atoms. The summed E-state index contributed by atoms with van der Waals surface area (Å²) >= 11 is 0. The molecule has 2 atom stereocenters. The van der Waals surface area contributed by atoms with Gasteiger partial charge in [0.05, 0.1) is 30.6 Å². The van der Waals surface area contributed by atoms with Crippen molar-refractivity contribution in [1.29, 1.82) is 0 Å². The van der Waals surface area contributed by atoms with Crippen LogP contribution in [0.4, 0.5) is 5.95 Å². The predicted molar refractivity (Wildman–Crippen MR) is 132 cm³/mol. The fraction of sp³-hybridized carbons (Fsp3) is 0.600. The molecule has 4 heterocycles. The highest BCUT2D eigenvalue weighted by Crippen LogP contribution is 2.37. The van der Waals surface area contributed by atoms with Crippen LogP contribution in [0.25, 0.3) is 16.6 Å². The molecule has 1 aliphatic heterocycles. The van der Waals surface area contributed by atoms with Gasteiger partial charge in [0.1, 0.15) is 0 Å². The Bertz CT molecular complexity index is 1180. The van der Waals surface area contributed by atoms with E-state index in [2.05, 4.69) is 27.7 Å². The lowest BCUT2D eigenvalue weighted by atomic mass is 9.85. The monoisotopic (exact) mass is 481 g/mol. The number of nitrogens with one attached hydrogen (secondary N) is 1. The molecule has 35 heavy (non-hydrogen) atoms. The van der Waals surface area contributed by atoms with Crippen LogP contribution < -0.4 is 5.32 Å². The largest absolute Gasteiger partial charge is 0.393 e. The minimum absolute atomic E-state index is 0.0838. The Morgan fingerprint density at radius 2 is 2.06 bits per heavy atom. The first-order valence-electron chi connectivity index (χ1n) is 12.5. The molecule has 3 aromatic rings. The Hall–Kier alpha value is -2.98. The molecule has 5 rings (SSSR count). The first-order chi connectivity index (χ1) is 16.9. The van der Waals surface area contributed by atoms with Crippen molar-refractivity contribution < 1.29 is 14.6 Å². The lowest BCUT2D eigenvalue weighted by molar-refractivity contribution is -0.126. The summed E-state index contributed by atoms with van der Waals surface area (Å²) in [7, 11) is 3.54. The van der Waals surface area contributed by atoms with E-state index in [1.54, 1.807) is 12.0 Å². The van der Waals surface area contributed by atoms with Crippen molar-refractivity contribution >= 4 is 17.4 Å². The molecular formula is C25H35N7O3. The second-order valence-electron chi connectivity index (χ2n) is 10.2. The van der Waals surface area contributed by atoms with Crippen molar-refractivity contribution in [2.75, 3.05) is 32.6 Å². The standard InChI is InChI=1S/C25H35N7O3/c1-16(15-35-3)28-25-26-11-23-21(9-22(32(23)29-25)18-4-6-20(33)7-5-18)19-10-27-31(14-19)13-17-8-24(34)30(2)12-17/h9-11,14,16-18,20,33H,4-8,12-13,15H2,1-3H3,(H,28,29)/t16-,17?,18-,20-/m0/s1. The van der Waals surface area contributed by atoms with E-state index in [0.717, 1.165) is 61.1 Å². The summed E-state index contributed by atoms with van der Waals surface area (Å²) in [6.45, 7) is 4.09. The number of ether oxygens (including phenoxy) is 1. The number of rotatable bonds is 8. The van der Waals surface area contributed by atoms with E-state index in [1.807, 2.05) is 35.6 Å². The third-order valence-electron chi connectivity index (χ3n) is 7.26. The third kappa shape index (κ3) is 5.04. The average Bonchev–Trinajstić information content (AvgIpc) is 3.52. The normalized spacial score (nSPS) is 23.8. The van der Waals surface area contributed by atoms with Crippen LogP contribution in [0.1, 0.15) is 50.6 Å². The quantitative estimate of drug-likeness (QED) is 0.509. The Morgan fingerprint density at radius 1 is 1.26 bits per heavy atom. The van der Waals surface area contributed by atoms with Crippen LogP contribution in [0.2, 0.25) is 0 Å². The molecule has 1 saturated carbocycles. The van der Waals surface area contributed by atoms with Gasteiger partial charge in [0.15, 0.2) is 0 Å². The van der Waals surface area contributed by atoms with Gasteiger partial charge < -0.3 is 20.1 Å². The number of carbonyl (C=O) groups is 1. The number of aliphatic hydroxyl groups is 1. The Morgan fingerprint density at radius 3 is 2.77 bits per heavy atom. The molecule has 2 aliphatic rings. The molecule has 10 heteroatoms. The van der Waals surface area contributed by atoms with Crippen molar-refractivity contribution in [2.45, 2.75) is 63.6 Å². The maximum atomic E-state index is 11.9. The highest BCUT2D eigenvalue weighted by atomic mass is 16.5. The summed E-state index contributed by atoms with van der Waals surface area (Å²) in [4.78, 5) is 18.3.